The SMILES string of the molecule is CCN1C(=O)CO[C@H](c2nc(C(C)(C)NC(C)=O)no2)[C@H]1c1ccccc1. The Bertz CT molecular complexity index is 818. The van der Waals surface area contributed by atoms with Gasteiger partial charge in [0.25, 0.3) is 5.89 Å². The Kier molecular flexibility index (Phi) is 5.27. The minimum absolute atomic E-state index is 0.0470. The molecule has 8 nitrogen and oxygen atoms in total. The Morgan fingerprint density at radius 3 is 2.67 bits per heavy atom. The summed E-state index contributed by atoms with van der Waals surface area (Å²) in [6.07, 6.45) is -0.584. The number of nitrogens with zero attached hydrogens (tertiary/aromatic N) is 3. The van der Waals surface area contributed by atoms with Gasteiger partial charge in [-0.3, -0.25) is 9.59 Å². The zero-order chi connectivity index (χ0) is 19.6. The number of morpholine rings is 1. The Hall–Kier alpha value is -2.74. The predicted molar refractivity (Wildman–Crippen MR) is 96.4 cm³/mol. The molecule has 1 aromatic heterocycles. The van der Waals surface area contributed by atoms with Crippen molar-refractivity contribution in [1.29, 1.82) is 0 Å². The highest BCUT2D eigenvalue weighted by Gasteiger charge is 2.41. The second kappa shape index (κ2) is 7.48. The van der Waals surface area contributed by atoms with Gasteiger partial charge in [0.2, 0.25) is 11.8 Å². The van der Waals surface area contributed by atoms with Gasteiger partial charge in [-0.1, -0.05) is 35.5 Å². The maximum atomic E-state index is 12.4. The fourth-order valence-electron chi connectivity index (χ4n) is 3.34. The fourth-order valence-corrected chi connectivity index (χ4v) is 3.34. The zero-order valence-corrected chi connectivity index (χ0v) is 15.9. The number of likely N-dealkylation sites (N-methyl/N-ethyl adjacent to an activating group) is 1. The molecule has 2 atom stereocenters. The third-order valence-corrected chi connectivity index (χ3v) is 4.54. The van der Waals surface area contributed by atoms with Gasteiger partial charge in [0.1, 0.15) is 6.61 Å². The summed E-state index contributed by atoms with van der Waals surface area (Å²) in [6, 6.07) is 9.27. The summed E-state index contributed by atoms with van der Waals surface area (Å²) >= 11 is 0. The Labute approximate surface area is 157 Å². The third kappa shape index (κ3) is 3.85. The summed E-state index contributed by atoms with van der Waals surface area (Å²) in [7, 11) is 0. The molecular weight excluding hydrogens is 348 g/mol. The van der Waals surface area contributed by atoms with Crippen LogP contribution < -0.4 is 5.32 Å². The molecule has 1 N–H and O–H groups in total. The van der Waals surface area contributed by atoms with Crippen LogP contribution in [0, 0.1) is 0 Å². The van der Waals surface area contributed by atoms with Gasteiger partial charge in [-0.15, -0.1) is 0 Å². The van der Waals surface area contributed by atoms with Crippen molar-refractivity contribution in [2.75, 3.05) is 13.2 Å². The smallest absolute Gasteiger partial charge is 0.258 e. The van der Waals surface area contributed by atoms with Crippen LogP contribution in [0.2, 0.25) is 0 Å². The summed E-state index contributed by atoms with van der Waals surface area (Å²) in [5.41, 5.74) is 0.142. The first-order valence-electron chi connectivity index (χ1n) is 8.92. The Morgan fingerprint density at radius 1 is 1.33 bits per heavy atom. The highest BCUT2D eigenvalue weighted by molar-refractivity contribution is 5.78. The van der Waals surface area contributed by atoms with E-state index in [2.05, 4.69) is 15.5 Å². The molecule has 1 fully saturated rings. The van der Waals surface area contributed by atoms with Crippen LogP contribution in [-0.2, 0) is 19.9 Å². The van der Waals surface area contributed by atoms with E-state index in [9.17, 15) is 9.59 Å². The highest BCUT2D eigenvalue weighted by Crippen LogP contribution is 2.39. The lowest BCUT2D eigenvalue weighted by Crippen LogP contribution is -2.45. The van der Waals surface area contributed by atoms with E-state index in [1.807, 2.05) is 37.3 Å². The molecule has 27 heavy (non-hydrogen) atoms. The van der Waals surface area contributed by atoms with Crippen LogP contribution in [0.5, 0.6) is 0 Å². The number of hydrogen-bond donors (Lipinski definition) is 1. The summed E-state index contributed by atoms with van der Waals surface area (Å²) in [5.74, 6) is 0.359. The van der Waals surface area contributed by atoms with E-state index in [4.69, 9.17) is 9.26 Å². The monoisotopic (exact) mass is 372 g/mol. The van der Waals surface area contributed by atoms with Gasteiger partial charge in [-0.25, -0.2) is 0 Å². The number of hydrogen-bond acceptors (Lipinski definition) is 6. The lowest BCUT2D eigenvalue weighted by Gasteiger charge is -2.39. The van der Waals surface area contributed by atoms with Crippen molar-refractivity contribution in [3.05, 3.63) is 47.6 Å². The molecular formula is C19H24N4O4. The van der Waals surface area contributed by atoms with Gasteiger partial charge in [0.15, 0.2) is 11.9 Å². The molecule has 1 aliphatic rings. The molecule has 0 bridgehead atoms. The average molecular weight is 372 g/mol. The van der Waals surface area contributed by atoms with Gasteiger partial charge in [0, 0.05) is 13.5 Å². The van der Waals surface area contributed by atoms with Gasteiger partial charge >= 0.3 is 0 Å². The van der Waals surface area contributed by atoms with Crippen molar-refractivity contribution < 1.29 is 18.8 Å². The molecule has 1 saturated heterocycles. The predicted octanol–water partition coefficient (Wildman–Crippen LogP) is 2.10. The number of rotatable bonds is 5. The van der Waals surface area contributed by atoms with Crippen molar-refractivity contribution >= 4 is 11.8 Å². The number of amides is 2. The maximum Gasteiger partial charge on any atom is 0.258 e. The molecule has 0 aliphatic carbocycles. The lowest BCUT2D eigenvalue weighted by atomic mass is 9.97. The minimum Gasteiger partial charge on any atom is -0.356 e. The lowest BCUT2D eigenvalue weighted by molar-refractivity contribution is -0.160. The van der Waals surface area contributed by atoms with Crippen molar-refractivity contribution in [3.8, 4) is 0 Å². The van der Waals surface area contributed by atoms with Crippen LogP contribution in [0.15, 0.2) is 34.9 Å². The third-order valence-electron chi connectivity index (χ3n) is 4.54. The number of nitrogens with one attached hydrogen (secondary N) is 1. The highest BCUT2D eigenvalue weighted by atomic mass is 16.5. The first kappa shape index (κ1) is 19.0. The number of carbonyl (C=O) groups is 2. The number of aromatic nitrogens is 2. The standard InChI is InChI=1S/C19H24N4O4/c1-5-23-14(25)11-26-16(15(23)13-9-7-6-8-10-13)17-20-18(22-27-17)19(3,4)21-12(2)24/h6-10,15-16H,5,11H2,1-4H3,(H,21,24)/t15-,16+/m1/s1. The topological polar surface area (TPSA) is 97.6 Å². The van der Waals surface area contributed by atoms with Crippen LogP contribution >= 0.6 is 0 Å². The summed E-state index contributed by atoms with van der Waals surface area (Å²) < 4.78 is 11.3. The van der Waals surface area contributed by atoms with E-state index in [0.717, 1.165) is 5.56 Å². The summed E-state index contributed by atoms with van der Waals surface area (Å²) in [4.78, 5) is 30.0. The molecule has 1 aromatic carbocycles. The molecule has 144 valence electrons. The Morgan fingerprint density at radius 2 is 2.04 bits per heavy atom. The normalized spacial score (nSPS) is 20.6. The fraction of sp³-hybridized carbons (Fsp3) is 0.474. The van der Waals surface area contributed by atoms with Crippen LogP contribution in [0.3, 0.4) is 0 Å². The quantitative estimate of drug-likeness (QED) is 0.863. The average Bonchev–Trinajstić information content (AvgIpc) is 3.12. The molecule has 2 heterocycles. The molecule has 0 radical (unpaired) electrons. The van der Waals surface area contributed by atoms with Crippen molar-refractivity contribution in [2.24, 2.45) is 0 Å². The van der Waals surface area contributed by atoms with E-state index in [1.54, 1.807) is 18.7 Å². The van der Waals surface area contributed by atoms with E-state index in [0.29, 0.717) is 12.4 Å². The maximum absolute atomic E-state index is 12.4. The van der Waals surface area contributed by atoms with Crippen LogP contribution in [-0.4, -0.2) is 40.0 Å². The van der Waals surface area contributed by atoms with Crippen molar-refractivity contribution in [3.63, 3.8) is 0 Å². The second-order valence-corrected chi connectivity index (χ2v) is 7.03. The largest absolute Gasteiger partial charge is 0.356 e. The van der Waals surface area contributed by atoms with Gasteiger partial charge < -0.3 is 19.5 Å². The molecule has 0 unspecified atom stereocenters. The van der Waals surface area contributed by atoms with E-state index >= 15 is 0 Å². The van der Waals surface area contributed by atoms with Crippen LogP contribution in [0.4, 0.5) is 0 Å². The number of benzene rings is 1. The molecule has 1 aliphatic heterocycles. The molecule has 3 rings (SSSR count). The first-order valence-corrected chi connectivity index (χ1v) is 8.92. The molecule has 2 amide bonds. The minimum atomic E-state index is -0.787. The van der Waals surface area contributed by atoms with Gasteiger partial charge in [-0.2, -0.15) is 4.98 Å². The van der Waals surface area contributed by atoms with Crippen molar-refractivity contribution in [1.82, 2.24) is 20.4 Å². The first-order chi connectivity index (χ1) is 12.8. The van der Waals surface area contributed by atoms with Crippen LogP contribution in [0.1, 0.15) is 57.1 Å². The van der Waals surface area contributed by atoms with Crippen LogP contribution in [0.25, 0.3) is 0 Å². The number of ether oxygens (including phenoxy) is 1. The number of carbonyl (C=O) groups excluding carboxylic acids is 2. The van der Waals surface area contributed by atoms with E-state index < -0.39 is 11.6 Å². The molecule has 8 heteroatoms. The summed E-state index contributed by atoms with van der Waals surface area (Å²) in [5, 5.41) is 6.82. The summed E-state index contributed by atoms with van der Waals surface area (Å²) in [6.45, 7) is 7.44. The molecule has 2 aromatic rings. The van der Waals surface area contributed by atoms with Crippen molar-refractivity contribution in [2.45, 2.75) is 45.4 Å². The van der Waals surface area contributed by atoms with Gasteiger partial charge in [-0.05, 0) is 26.3 Å². The Balaban J connectivity index is 1.96. The van der Waals surface area contributed by atoms with E-state index in [-0.39, 0.29) is 30.4 Å². The second-order valence-electron chi connectivity index (χ2n) is 7.03. The molecule has 0 spiro atoms. The van der Waals surface area contributed by atoms with E-state index in [1.165, 1.54) is 6.92 Å². The zero-order valence-electron chi connectivity index (χ0n) is 15.9. The molecule has 0 saturated carbocycles. The van der Waals surface area contributed by atoms with Gasteiger partial charge in [0.05, 0.1) is 11.6 Å².